The van der Waals surface area contributed by atoms with Crippen molar-refractivity contribution in [1.82, 2.24) is 4.98 Å². The number of hydrogen-bond donors (Lipinski definition) is 1. The fraction of sp³-hybridized carbons (Fsp3) is 0.533. The van der Waals surface area contributed by atoms with Crippen LogP contribution >= 0.6 is 11.3 Å². The summed E-state index contributed by atoms with van der Waals surface area (Å²) in [6.07, 6.45) is 3.81. The molecule has 19 heavy (non-hydrogen) atoms. The summed E-state index contributed by atoms with van der Waals surface area (Å²) in [5.74, 6) is 1.21. The van der Waals surface area contributed by atoms with Crippen LogP contribution in [-0.2, 0) is 0 Å². The molecule has 0 radical (unpaired) electrons. The molecule has 1 saturated carbocycles. The highest BCUT2D eigenvalue weighted by Gasteiger charge is 2.27. The topological polar surface area (TPSA) is 24.9 Å². The minimum atomic E-state index is -0.219. The number of benzene rings is 1. The maximum atomic E-state index is 13.2. The van der Waals surface area contributed by atoms with Crippen LogP contribution < -0.4 is 5.32 Å². The van der Waals surface area contributed by atoms with Crippen molar-refractivity contribution in [2.75, 3.05) is 5.32 Å². The van der Waals surface area contributed by atoms with Gasteiger partial charge in [0.1, 0.15) is 5.82 Å². The molecule has 2 aromatic rings. The van der Waals surface area contributed by atoms with E-state index >= 15 is 0 Å². The Morgan fingerprint density at radius 3 is 3.00 bits per heavy atom. The zero-order chi connectivity index (χ0) is 13.4. The molecule has 0 bridgehead atoms. The quantitative estimate of drug-likeness (QED) is 0.863. The van der Waals surface area contributed by atoms with Crippen molar-refractivity contribution in [3.8, 4) is 0 Å². The SMILES string of the molecule is CC1CCCC(Nc2nc3cc(F)ccc3s2)C1C. The average molecular weight is 278 g/mol. The van der Waals surface area contributed by atoms with E-state index in [1.165, 1.54) is 31.4 Å². The number of thiazole rings is 1. The van der Waals surface area contributed by atoms with Gasteiger partial charge in [-0.2, -0.15) is 0 Å². The van der Waals surface area contributed by atoms with E-state index < -0.39 is 0 Å². The molecule has 0 spiro atoms. The molecule has 1 aliphatic rings. The monoisotopic (exact) mass is 278 g/mol. The number of halogens is 1. The Labute approximate surface area is 117 Å². The molecule has 0 amide bonds. The van der Waals surface area contributed by atoms with E-state index in [1.54, 1.807) is 17.4 Å². The maximum Gasteiger partial charge on any atom is 0.184 e. The molecule has 1 heterocycles. The average Bonchev–Trinajstić information content (AvgIpc) is 2.76. The van der Waals surface area contributed by atoms with Crippen LogP contribution in [0.25, 0.3) is 10.2 Å². The fourth-order valence-corrected chi connectivity index (χ4v) is 3.81. The molecule has 0 saturated heterocycles. The van der Waals surface area contributed by atoms with Gasteiger partial charge >= 0.3 is 0 Å². The standard InChI is InChI=1S/C15H19FN2S/c1-9-4-3-5-12(10(9)2)17-15-18-13-8-11(16)6-7-14(13)19-15/h6-10,12H,3-5H2,1-2H3,(H,17,18). The highest BCUT2D eigenvalue weighted by molar-refractivity contribution is 7.22. The van der Waals surface area contributed by atoms with Gasteiger partial charge in [0.2, 0.25) is 0 Å². The largest absolute Gasteiger partial charge is 0.358 e. The van der Waals surface area contributed by atoms with Crippen LogP contribution in [0.3, 0.4) is 0 Å². The first kappa shape index (κ1) is 12.9. The van der Waals surface area contributed by atoms with Crippen molar-refractivity contribution in [2.45, 2.75) is 39.2 Å². The van der Waals surface area contributed by atoms with Gasteiger partial charge in [-0.3, -0.25) is 0 Å². The molecule has 4 heteroatoms. The van der Waals surface area contributed by atoms with Gasteiger partial charge in [0, 0.05) is 12.1 Å². The third kappa shape index (κ3) is 2.59. The molecule has 3 rings (SSSR count). The van der Waals surface area contributed by atoms with E-state index in [1.807, 2.05) is 0 Å². The Morgan fingerprint density at radius 1 is 1.32 bits per heavy atom. The fourth-order valence-electron chi connectivity index (χ4n) is 2.91. The van der Waals surface area contributed by atoms with Gasteiger partial charge in [0.25, 0.3) is 0 Å². The van der Waals surface area contributed by atoms with Crippen LogP contribution in [0.15, 0.2) is 18.2 Å². The Bertz CT molecular complexity index is 581. The van der Waals surface area contributed by atoms with Crippen LogP contribution in [0.4, 0.5) is 9.52 Å². The van der Waals surface area contributed by atoms with Gasteiger partial charge < -0.3 is 5.32 Å². The van der Waals surface area contributed by atoms with E-state index in [0.29, 0.717) is 12.0 Å². The summed E-state index contributed by atoms with van der Waals surface area (Å²) in [4.78, 5) is 4.49. The summed E-state index contributed by atoms with van der Waals surface area (Å²) >= 11 is 1.61. The Hall–Kier alpha value is -1.16. The second kappa shape index (κ2) is 5.08. The first-order chi connectivity index (χ1) is 9.13. The van der Waals surface area contributed by atoms with Crippen molar-refractivity contribution >= 4 is 26.7 Å². The van der Waals surface area contributed by atoms with Crippen LogP contribution in [0.1, 0.15) is 33.1 Å². The van der Waals surface area contributed by atoms with Crippen LogP contribution in [0.2, 0.25) is 0 Å². The molecule has 2 nitrogen and oxygen atoms in total. The van der Waals surface area contributed by atoms with E-state index in [0.717, 1.165) is 21.3 Å². The first-order valence-corrected chi connectivity index (χ1v) is 7.78. The van der Waals surface area contributed by atoms with Crippen LogP contribution in [0, 0.1) is 17.7 Å². The summed E-state index contributed by atoms with van der Waals surface area (Å²) < 4.78 is 14.2. The number of nitrogens with zero attached hydrogens (tertiary/aromatic N) is 1. The van der Waals surface area contributed by atoms with Gasteiger partial charge in [0.15, 0.2) is 5.13 Å². The zero-order valence-electron chi connectivity index (χ0n) is 11.3. The van der Waals surface area contributed by atoms with E-state index in [-0.39, 0.29) is 5.82 Å². The van der Waals surface area contributed by atoms with Gasteiger partial charge in [0.05, 0.1) is 10.2 Å². The van der Waals surface area contributed by atoms with Crippen LogP contribution in [-0.4, -0.2) is 11.0 Å². The lowest BCUT2D eigenvalue weighted by Crippen LogP contribution is -2.34. The minimum Gasteiger partial charge on any atom is -0.358 e. The summed E-state index contributed by atoms with van der Waals surface area (Å²) in [5, 5.41) is 4.48. The third-order valence-electron chi connectivity index (χ3n) is 4.37. The number of rotatable bonds is 2. The molecular weight excluding hydrogens is 259 g/mol. The summed E-state index contributed by atoms with van der Waals surface area (Å²) in [7, 11) is 0. The van der Waals surface area contributed by atoms with E-state index in [9.17, 15) is 4.39 Å². The zero-order valence-corrected chi connectivity index (χ0v) is 12.1. The number of nitrogens with one attached hydrogen (secondary N) is 1. The lowest BCUT2D eigenvalue weighted by atomic mass is 9.78. The molecular formula is C15H19FN2S. The lowest BCUT2D eigenvalue weighted by molar-refractivity contribution is 0.253. The van der Waals surface area contributed by atoms with E-state index in [4.69, 9.17) is 0 Å². The Balaban J connectivity index is 1.81. The predicted molar refractivity (Wildman–Crippen MR) is 79.2 cm³/mol. The normalized spacial score (nSPS) is 27.6. The molecule has 1 N–H and O–H groups in total. The molecule has 1 aromatic heterocycles. The van der Waals surface area contributed by atoms with Crippen molar-refractivity contribution in [3.05, 3.63) is 24.0 Å². The summed E-state index contributed by atoms with van der Waals surface area (Å²) in [5.41, 5.74) is 0.754. The predicted octanol–water partition coefficient (Wildman–Crippen LogP) is 4.67. The number of aromatic nitrogens is 1. The Morgan fingerprint density at radius 2 is 2.16 bits per heavy atom. The van der Waals surface area contributed by atoms with Crippen molar-refractivity contribution < 1.29 is 4.39 Å². The van der Waals surface area contributed by atoms with Crippen molar-refractivity contribution in [2.24, 2.45) is 11.8 Å². The van der Waals surface area contributed by atoms with Gasteiger partial charge in [-0.05, 0) is 30.4 Å². The van der Waals surface area contributed by atoms with Crippen molar-refractivity contribution in [3.63, 3.8) is 0 Å². The molecule has 1 aromatic carbocycles. The van der Waals surface area contributed by atoms with E-state index in [2.05, 4.69) is 24.1 Å². The third-order valence-corrected chi connectivity index (χ3v) is 5.33. The molecule has 3 unspecified atom stereocenters. The smallest absolute Gasteiger partial charge is 0.184 e. The maximum absolute atomic E-state index is 13.2. The van der Waals surface area contributed by atoms with Gasteiger partial charge in [-0.15, -0.1) is 0 Å². The van der Waals surface area contributed by atoms with Gasteiger partial charge in [-0.1, -0.05) is 38.0 Å². The molecule has 1 fully saturated rings. The highest BCUT2D eigenvalue weighted by Crippen LogP contribution is 2.33. The molecule has 0 aliphatic heterocycles. The van der Waals surface area contributed by atoms with Crippen molar-refractivity contribution in [1.29, 1.82) is 0 Å². The second-order valence-corrected chi connectivity index (χ2v) is 6.68. The summed E-state index contributed by atoms with van der Waals surface area (Å²) in [6, 6.07) is 5.30. The lowest BCUT2D eigenvalue weighted by Gasteiger charge is -2.34. The number of hydrogen-bond acceptors (Lipinski definition) is 3. The minimum absolute atomic E-state index is 0.219. The molecule has 3 atom stereocenters. The number of fused-ring (bicyclic) bond motifs is 1. The molecule has 1 aliphatic carbocycles. The molecule has 102 valence electrons. The second-order valence-electron chi connectivity index (χ2n) is 5.65. The summed E-state index contributed by atoms with van der Waals surface area (Å²) in [6.45, 7) is 4.64. The van der Waals surface area contributed by atoms with Gasteiger partial charge in [-0.25, -0.2) is 9.37 Å². The highest BCUT2D eigenvalue weighted by atomic mass is 32.1. The Kier molecular flexibility index (Phi) is 3.44. The first-order valence-electron chi connectivity index (χ1n) is 6.96. The number of anilines is 1. The van der Waals surface area contributed by atoms with Crippen LogP contribution in [0.5, 0.6) is 0 Å².